The van der Waals surface area contributed by atoms with Crippen LogP contribution >= 0.6 is 0 Å². The Morgan fingerprint density at radius 1 is 1.32 bits per heavy atom. The van der Waals surface area contributed by atoms with Gasteiger partial charge in [-0.3, -0.25) is 0 Å². The Morgan fingerprint density at radius 3 is 2.55 bits per heavy atom. The molecular weight excluding hydrogens is 300 g/mol. The van der Waals surface area contributed by atoms with E-state index in [9.17, 15) is 23.5 Å². The summed E-state index contributed by atoms with van der Waals surface area (Å²) < 4.78 is 32.0. The smallest absolute Gasteiger partial charge is 0.410 e. The van der Waals surface area contributed by atoms with Gasteiger partial charge in [0.25, 0.3) is 0 Å². The summed E-state index contributed by atoms with van der Waals surface area (Å²) in [5.41, 5.74) is -2.06. The van der Waals surface area contributed by atoms with Gasteiger partial charge >= 0.3 is 18.0 Å². The first kappa shape index (κ1) is 16.2. The summed E-state index contributed by atoms with van der Waals surface area (Å²) in [7, 11) is 0. The maximum absolute atomic E-state index is 13.5. The monoisotopic (exact) mass is 315 g/mol. The average molecular weight is 315 g/mol. The van der Waals surface area contributed by atoms with E-state index in [0.29, 0.717) is 0 Å². The number of nitrogens with zero attached hydrogens (tertiary/aromatic N) is 1. The van der Waals surface area contributed by atoms with Crippen LogP contribution < -0.4 is 0 Å². The topological polar surface area (TPSA) is 87.1 Å². The van der Waals surface area contributed by atoms with Crippen molar-refractivity contribution in [3.05, 3.63) is 35.9 Å². The normalized spacial score (nSPS) is 21.7. The highest BCUT2D eigenvalue weighted by atomic mass is 19.3. The Labute approximate surface area is 124 Å². The van der Waals surface area contributed by atoms with Crippen LogP contribution in [0.25, 0.3) is 0 Å². The molecule has 0 spiro atoms. The number of hydrogen-bond acceptors (Lipinski definition) is 4. The third-order valence-electron chi connectivity index (χ3n) is 3.56. The number of halogens is 2. The second-order valence-electron chi connectivity index (χ2n) is 5.12. The van der Waals surface area contributed by atoms with Crippen molar-refractivity contribution in [2.45, 2.75) is 24.6 Å². The minimum Gasteiger partial charge on any atom is -0.477 e. The lowest BCUT2D eigenvalue weighted by molar-refractivity contribution is -0.204. The summed E-state index contributed by atoms with van der Waals surface area (Å²) in [5, 5.41) is 18.3. The first-order chi connectivity index (χ1) is 10.3. The predicted molar refractivity (Wildman–Crippen MR) is 70.3 cm³/mol. The van der Waals surface area contributed by atoms with Gasteiger partial charge in [-0.25, -0.2) is 9.59 Å². The van der Waals surface area contributed by atoms with Crippen LogP contribution in [0.1, 0.15) is 12.0 Å². The molecule has 0 aromatic heterocycles. The fourth-order valence-electron chi connectivity index (χ4n) is 2.22. The third-order valence-corrected chi connectivity index (χ3v) is 3.56. The van der Waals surface area contributed by atoms with Gasteiger partial charge < -0.3 is 19.8 Å². The molecule has 1 aromatic rings. The molecular formula is C14H15F2NO5. The standard InChI is InChI=1S/C14H15F2NO5/c15-14(16,11(18)19)13(21)6-7-17(9-13)12(20)22-8-10-4-2-1-3-5-10/h1-5,21H,6-9H2,(H,18,19). The molecule has 1 amide bonds. The first-order valence-corrected chi connectivity index (χ1v) is 6.55. The van der Waals surface area contributed by atoms with Crippen LogP contribution in [0.15, 0.2) is 30.3 Å². The average Bonchev–Trinajstić information content (AvgIpc) is 2.90. The van der Waals surface area contributed by atoms with Gasteiger partial charge in [0.1, 0.15) is 6.61 Å². The number of carboxylic acid groups (broad SMARTS) is 1. The number of benzene rings is 1. The molecule has 1 saturated heterocycles. The second kappa shape index (κ2) is 5.88. The number of aliphatic carboxylic acids is 1. The van der Waals surface area contributed by atoms with Crippen molar-refractivity contribution < 1.29 is 33.3 Å². The zero-order valence-corrected chi connectivity index (χ0v) is 11.5. The summed E-state index contributed by atoms with van der Waals surface area (Å²) in [6.07, 6.45) is -1.41. The zero-order chi connectivity index (χ0) is 16.4. The molecule has 0 bridgehead atoms. The molecule has 1 heterocycles. The van der Waals surface area contributed by atoms with E-state index in [1.165, 1.54) is 0 Å². The summed E-state index contributed by atoms with van der Waals surface area (Å²) >= 11 is 0. The third kappa shape index (κ3) is 3.01. The predicted octanol–water partition coefficient (Wildman–Crippen LogP) is 1.48. The minimum atomic E-state index is -4.33. The zero-order valence-electron chi connectivity index (χ0n) is 11.5. The number of carbonyl (C=O) groups excluding carboxylic acids is 1. The van der Waals surface area contributed by atoms with E-state index < -0.39 is 36.6 Å². The lowest BCUT2D eigenvalue weighted by Gasteiger charge is -2.28. The maximum Gasteiger partial charge on any atom is 0.410 e. The van der Waals surface area contributed by atoms with E-state index in [4.69, 9.17) is 9.84 Å². The highest BCUT2D eigenvalue weighted by molar-refractivity contribution is 5.78. The number of aliphatic hydroxyl groups is 1. The number of carboxylic acids is 1. The van der Waals surface area contributed by atoms with Crippen molar-refractivity contribution in [1.29, 1.82) is 0 Å². The first-order valence-electron chi connectivity index (χ1n) is 6.55. The van der Waals surface area contributed by atoms with Gasteiger partial charge in [-0.05, 0) is 5.56 Å². The molecule has 1 aliphatic rings. The number of alkyl halides is 2. The number of carbonyl (C=O) groups is 2. The fraction of sp³-hybridized carbons (Fsp3) is 0.429. The Hall–Kier alpha value is -2.22. The molecule has 0 saturated carbocycles. The molecule has 1 aliphatic heterocycles. The number of β-amino-alcohol motifs (C(OH)–C–C–N with tert-alkyl or cyclic N) is 1. The quantitative estimate of drug-likeness (QED) is 0.879. The Kier molecular flexibility index (Phi) is 4.32. The van der Waals surface area contributed by atoms with Gasteiger partial charge in [0.15, 0.2) is 5.60 Å². The summed E-state index contributed by atoms with van der Waals surface area (Å²) in [5.74, 6) is -6.75. The van der Waals surface area contributed by atoms with Crippen molar-refractivity contribution >= 4 is 12.1 Å². The minimum absolute atomic E-state index is 0.0378. The highest BCUT2D eigenvalue weighted by Gasteiger charge is 2.62. The number of likely N-dealkylation sites (tertiary alicyclic amines) is 1. The van der Waals surface area contributed by atoms with Gasteiger partial charge in [0.2, 0.25) is 0 Å². The fourth-order valence-corrected chi connectivity index (χ4v) is 2.22. The van der Waals surface area contributed by atoms with Crippen molar-refractivity contribution in [3.63, 3.8) is 0 Å². The molecule has 1 unspecified atom stereocenters. The van der Waals surface area contributed by atoms with Crippen LogP contribution in [0.2, 0.25) is 0 Å². The van der Waals surface area contributed by atoms with E-state index in [-0.39, 0.29) is 13.2 Å². The molecule has 2 rings (SSSR count). The van der Waals surface area contributed by atoms with Gasteiger partial charge in [-0.2, -0.15) is 8.78 Å². The number of rotatable bonds is 4. The van der Waals surface area contributed by atoms with E-state index in [0.717, 1.165) is 10.5 Å². The van der Waals surface area contributed by atoms with Gasteiger partial charge in [-0.1, -0.05) is 30.3 Å². The van der Waals surface area contributed by atoms with Gasteiger partial charge in [0, 0.05) is 13.0 Å². The van der Waals surface area contributed by atoms with Crippen molar-refractivity contribution in [1.82, 2.24) is 4.90 Å². The Balaban J connectivity index is 1.95. The molecule has 2 N–H and O–H groups in total. The van der Waals surface area contributed by atoms with Crippen molar-refractivity contribution in [2.75, 3.05) is 13.1 Å². The van der Waals surface area contributed by atoms with E-state index >= 15 is 0 Å². The number of hydrogen-bond donors (Lipinski definition) is 2. The van der Waals surface area contributed by atoms with Gasteiger partial charge in [0.05, 0.1) is 6.54 Å². The molecule has 8 heteroatoms. The second-order valence-corrected chi connectivity index (χ2v) is 5.12. The van der Waals surface area contributed by atoms with Crippen LogP contribution in [0, 0.1) is 0 Å². The van der Waals surface area contributed by atoms with Crippen LogP contribution in [0.5, 0.6) is 0 Å². The largest absolute Gasteiger partial charge is 0.477 e. The van der Waals surface area contributed by atoms with Crippen LogP contribution in [0.3, 0.4) is 0 Å². The van der Waals surface area contributed by atoms with E-state index in [1.807, 2.05) is 0 Å². The van der Waals surface area contributed by atoms with Crippen LogP contribution in [-0.2, 0) is 16.1 Å². The van der Waals surface area contributed by atoms with E-state index in [1.54, 1.807) is 30.3 Å². The molecule has 120 valence electrons. The maximum atomic E-state index is 13.5. The molecule has 22 heavy (non-hydrogen) atoms. The lowest BCUT2D eigenvalue weighted by Crippen LogP contribution is -2.55. The molecule has 0 aliphatic carbocycles. The SMILES string of the molecule is O=C(OCc1ccccc1)N1CCC(O)(C(F)(F)C(=O)O)C1. The van der Waals surface area contributed by atoms with Gasteiger partial charge in [-0.15, -0.1) is 0 Å². The van der Waals surface area contributed by atoms with E-state index in [2.05, 4.69) is 0 Å². The molecule has 1 fully saturated rings. The Morgan fingerprint density at radius 2 is 1.95 bits per heavy atom. The molecule has 1 atom stereocenters. The summed E-state index contributed by atoms with van der Waals surface area (Å²) in [6, 6.07) is 8.76. The summed E-state index contributed by atoms with van der Waals surface area (Å²) in [6.45, 7) is -1.03. The summed E-state index contributed by atoms with van der Waals surface area (Å²) in [4.78, 5) is 23.2. The van der Waals surface area contributed by atoms with Crippen molar-refractivity contribution in [3.8, 4) is 0 Å². The Bertz CT molecular complexity index is 566. The lowest BCUT2D eigenvalue weighted by atomic mass is 9.95. The molecule has 0 radical (unpaired) electrons. The van der Waals surface area contributed by atoms with Crippen LogP contribution in [-0.4, -0.2) is 51.8 Å². The molecule has 1 aromatic carbocycles. The van der Waals surface area contributed by atoms with Crippen molar-refractivity contribution in [2.24, 2.45) is 0 Å². The van der Waals surface area contributed by atoms with Crippen LogP contribution in [0.4, 0.5) is 13.6 Å². The number of ether oxygens (including phenoxy) is 1. The highest BCUT2D eigenvalue weighted by Crippen LogP contribution is 2.37. The number of amides is 1. The molecule has 6 nitrogen and oxygen atoms in total.